The molecule has 9 heteroatoms. The maximum Gasteiger partial charge on any atom is 0.267 e. The van der Waals surface area contributed by atoms with Crippen molar-refractivity contribution in [3.63, 3.8) is 0 Å². The number of aryl methyl sites for hydroxylation is 1. The lowest BCUT2D eigenvalue weighted by Gasteiger charge is -2.01. The van der Waals surface area contributed by atoms with E-state index in [0.717, 1.165) is 4.90 Å². The van der Waals surface area contributed by atoms with E-state index >= 15 is 0 Å². The Morgan fingerprint density at radius 1 is 1.26 bits per heavy atom. The number of nitrogens with one attached hydrogen (secondary N) is 1. The predicted molar refractivity (Wildman–Crippen MR) is 89.0 cm³/mol. The van der Waals surface area contributed by atoms with Gasteiger partial charge in [0.1, 0.15) is 15.6 Å². The largest absolute Gasteiger partial charge is 0.456 e. The van der Waals surface area contributed by atoms with E-state index in [-0.39, 0.29) is 10.8 Å². The minimum atomic E-state index is -3.81. The minimum absolute atomic E-state index is 0.0110. The zero-order valence-corrected chi connectivity index (χ0v) is 15.0. The highest BCUT2D eigenvalue weighted by Crippen LogP contribution is 2.32. The van der Waals surface area contributed by atoms with Crippen molar-refractivity contribution in [3.8, 4) is 0 Å². The van der Waals surface area contributed by atoms with Crippen LogP contribution in [-0.4, -0.2) is 13.6 Å². The van der Waals surface area contributed by atoms with Crippen LogP contribution in [0.3, 0.4) is 0 Å². The van der Waals surface area contributed by atoms with Gasteiger partial charge >= 0.3 is 0 Å². The van der Waals surface area contributed by atoms with Crippen molar-refractivity contribution in [2.24, 2.45) is 0 Å². The molecule has 0 saturated heterocycles. The third-order valence-corrected chi connectivity index (χ3v) is 5.99. The summed E-state index contributed by atoms with van der Waals surface area (Å²) in [5.74, 6) is 0.0287. The van der Waals surface area contributed by atoms with Crippen molar-refractivity contribution < 1.29 is 17.4 Å². The van der Waals surface area contributed by atoms with Gasteiger partial charge in [0, 0.05) is 11.0 Å². The Bertz CT molecular complexity index is 919. The van der Waals surface area contributed by atoms with E-state index in [4.69, 9.17) is 8.94 Å². The molecule has 1 N–H and O–H groups in total. The molecule has 0 bridgehead atoms. The SMILES string of the molecule is Cc1noc(NS(=O)(=O)c2coc(Sc3ccccc3)c2)c1Br. The number of sulfonamides is 1. The number of anilines is 1. The summed E-state index contributed by atoms with van der Waals surface area (Å²) in [5, 5.41) is 4.15. The molecule has 3 rings (SSSR count). The first kappa shape index (κ1) is 16.2. The number of aromatic nitrogens is 1. The summed E-state index contributed by atoms with van der Waals surface area (Å²) >= 11 is 4.55. The van der Waals surface area contributed by atoms with E-state index in [0.29, 0.717) is 15.3 Å². The maximum absolute atomic E-state index is 12.3. The van der Waals surface area contributed by atoms with Gasteiger partial charge < -0.3 is 8.94 Å². The zero-order chi connectivity index (χ0) is 16.4. The molecule has 0 aliphatic heterocycles. The number of benzene rings is 1. The van der Waals surface area contributed by atoms with Crippen LogP contribution in [0, 0.1) is 6.92 Å². The smallest absolute Gasteiger partial charge is 0.267 e. The van der Waals surface area contributed by atoms with Crippen LogP contribution in [0.15, 0.2) is 71.0 Å². The van der Waals surface area contributed by atoms with Gasteiger partial charge in [-0.05, 0) is 35.0 Å². The third kappa shape index (κ3) is 3.62. The van der Waals surface area contributed by atoms with Crippen molar-refractivity contribution in [3.05, 3.63) is 52.8 Å². The molecule has 120 valence electrons. The number of rotatable bonds is 5. The average molecular weight is 415 g/mol. The molecule has 6 nitrogen and oxygen atoms in total. The summed E-state index contributed by atoms with van der Waals surface area (Å²) in [6.45, 7) is 1.69. The van der Waals surface area contributed by atoms with E-state index in [9.17, 15) is 8.42 Å². The van der Waals surface area contributed by atoms with Gasteiger partial charge in [-0.15, -0.1) is 0 Å². The Kier molecular flexibility index (Phi) is 4.51. The molecule has 1 aromatic carbocycles. The lowest BCUT2D eigenvalue weighted by Crippen LogP contribution is -2.11. The van der Waals surface area contributed by atoms with E-state index < -0.39 is 10.0 Å². The normalized spacial score (nSPS) is 11.6. The fourth-order valence-electron chi connectivity index (χ4n) is 1.70. The summed E-state index contributed by atoms with van der Waals surface area (Å²) in [4.78, 5) is 0.962. The van der Waals surface area contributed by atoms with Crippen molar-refractivity contribution in [2.45, 2.75) is 21.8 Å². The van der Waals surface area contributed by atoms with Crippen LogP contribution in [0.4, 0.5) is 5.88 Å². The first-order chi connectivity index (χ1) is 11.0. The van der Waals surface area contributed by atoms with E-state index in [1.807, 2.05) is 30.3 Å². The second kappa shape index (κ2) is 6.42. The molecule has 2 aromatic heterocycles. The molecule has 0 spiro atoms. The van der Waals surface area contributed by atoms with Gasteiger partial charge in [-0.1, -0.05) is 35.1 Å². The molecule has 0 radical (unpaired) electrons. The number of halogens is 1. The highest BCUT2D eigenvalue weighted by molar-refractivity contribution is 9.10. The number of furan rings is 1. The van der Waals surface area contributed by atoms with Gasteiger partial charge in [0.15, 0.2) is 5.09 Å². The molecule has 0 aliphatic carbocycles. The molecule has 0 amide bonds. The first-order valence-corrected chi connectivity index (χ1v) is 9.51. The quantitative estimate of drug-likeness (QED) is 0.669. The minimum Gasteiger partial charge on any atom is -0.456 e. The number of nitrogens with zero attached hydrogens (tertiary/aromatic N) is 1. The molecule has 0 fully saturated rings. The molecule has 0 atom stereocenters. The summed E-state index contributed by atoms with van der Waals surface area (Å²) < 4.78 is 37.7. The van der Waals surface area contributed by atoms with Crippen LogP contribution < -0.4 is 4.72 Å². The third-order valence-electron chi connectivity index (χ3n) is 2.84. The van der Waals surface area contributed by atoms with Crippen molar-refractivity contribution in [1.29, 1.82) is 0 Å². The molecular formula is C14H11BrN2O4S2. The zero-order valence-electron chi connectivity index (χ0n) is 11.8. The topological polar surface area (TPSA) is 85.3 Å². The van der Waals surface area contributed by atoms with Crippen LogP contribution in [0.5, 0.6) is 0 Å². The van der Waals surface area contributed by atoms with Gasteiger partial charge in [0.25, 0.3) is 15.9 Å². The van der Waals surface area contributed by atoms with Crippen LogP contribution in [0.2, 0.25) is 0 Å². The lowest BCUT2D eigenvalue weighted by molar-refractivity contribution is 0.430. The first-order valence-electron chi connectivity index (χ1n) is 6.42. The second-order valence-electron chi connectivity index (χ2n) is 4.53. The Morgan fingerprint density at radius 2 is 2.00 bits per heavy atom. The van der Waals surface area contributed by atoms with Gasteiger partial charge in [0.2, 0.25) is 0 Å². The highest BCUT2D eigenvalue weighted by atomic mass is 79.9. The van der Waals surface area contributed by atoms with E-state index in [1.165, 1.54) is 24.1 Å². The molecule has 0 saturated carbocycles. The highest BCUT2D eigenvalue weighted by Gasteiger charge is 2.22. The predicted octanol–water partition coefficient (Wildman–Crippen LogP) is 4.29. The number of hydrogen-bond acceptors (Lipinski definition) is 6. The Balaban J connectivity index is 1.80. The van der Waals surface area contributed by atoms with Crippen LogP contribution >= 0.6 is 27.7 Å². The molecular weight excluding hydrogens is 404 g/mol. The summed E-state index contributed by atoms with van der Waals surface area (Å²) in [5.41, 5.74) is 0.551. The Labute approximate surface area is 145 Å². The summed E-state index contributed by atoms with van der Waals surface area (Å²) in [6, 6.07) is 11.0. The Hall–Kier alpha value is -1.71. The summed E-state index contributed by atoms with van der Waals surface area (Å²) in [7, 11) is -3.81. The average Bonchev–Trinajstić information content (AvgIpc) is 3.11. The van der Waals surface area contributed by atoms with Crippen molar-refractivity contribution in [1.82, 2.24) is 5.16 Å². The molecule has 2 heterocycles. The standard InChI is InChI=1S/C14H11BrN2O4S2/c1-9-13(15)14(21-16-9)17-23(18,19)11-7-12(20-8-11)22-10-5-3-2-4-6-10/h2-8,17H,1H3. The van der Waals surface area contributed by atoms with E-state index in [1.54, 1.807) is 6.92 Å². The molecule has 0 aliphatic rings. The van der Waals surface area contributed by atoms with E-state index in [2.05, 4.69) is 25.8 Å². The van der Waals surface area contributed by atoms with Gasteiger partial charge in [0.05, 0.1) is 5.69 Å². The summed E-state index contributed by atoms with van der Waals surface area (Å²) in [6.07, 6.45) is 1.19. The fourth-order valence-corrected chi connectivity index (χ4v) is 3.90. The van der Waals surface area contributed by atoms with Crippen LogP contribution in [0.25, 0.3) is 0 Å². The maximum atomic E-state index is 12.3. The van der Waals surface area contributed by atoms with Gasteiger partial charge in [-0.25, -0.2) is 13.1 Å². The monoisotopic (exact) mass is 414 g/mol. The Morgan fingerprint density at radius 3 is 2.65 bits per heavy atom. The van der Waals surface area contributed by atoms with Crippen molar-refractivity contribution >= 4 is 43.6 Å². The fraction of sp³-hybridized carbons (Fsp3) is 0.0714. The molecule has 23 heavy (non-hydrogen) atoms. The number of hydrogen-bond donors (Lipinski definition) is 1. The van der Waals surface area contributed by atoms with Crippen molar-refractivity contribution in [2.75, 3.05) is 4.72 Å². The molecule has 0 unspecified atom stereocenters. The van der Waals surface area contributed by atoms with Crippen LogP contribution in [0.1, 0.15) is 5.69 Å². The second-order valence-corrected chi connectivity index (χ2v) is 8.09. The van der Waals surface area contributed by atoms with Gasteiger partial charge in [-0.2, -0.15) is 0 Å². The molecule has 3 aromatic rings. The van der Waals surface area contributed by atoms with Crippen LogP contribution in [-0.2, 0) is 10.0 Å². The lowest BCUT2D eigenvalue weighted by atomic mass is 10.4. The van der Waals surface area contributed by atoms with Gasteiger partial charge in [-0.3, -0.25) is 0 Å².